The third-order valence-electron chi connectivity index (χ3n) is 4.76. The molecule has 1 saturated heterocycles. The SMILES string of the molecule is O=C(O)CC1CCN(C(=O)Cc2ccc3c(c2)CCCO3)CC1. The molecule has 5 heteroatoms. The van der Waals surface area contributed by atoms with E-state index in [0.717, 1.165) is 43.6 Å². The molecule has 5 nitrogen and oxygen atoms in total. The van der Waals surface area contributed by atoms with E-state index >= 15 is 0 Å². The molecule has 1 aromatic rings. The minimum Gasteiger partial charge on any atom is -0.493 e. The van der Waals surface area contributed by atoms with Gasteiger partial charge in [-0.25, -0.2) is 0 Å². The van der Waals surface area contributed by atoms with E-state index in [0.29, 0.717) is 19.5 Å². The molecule has 0 aromatic heterocycles. The maximum Gasteiger partial charge on any atom is 0.303 e. The van der Waals surface area contributed by atoms with Crippen LogP contribution in [-0.2, 0) is 22.4 Å². The van der Waals surface area contributed by atoms with Crippen LogP contribution < -0.4 is 4.74 Å². The normalized spacial score (nSPS) is 18.2. The predicted molar refractivity (Wildman–Crippen MR) is 85.5 cm³/mol. The van der Waals surface area contributed by atoms with Gasteiger partial charge in [-0.1, -0.05) is 12.1 Å². The molecule has 0 unspecified atom stereocenters. The highest BCUT2D eigenvalue weighted by atomic mass is 16.5. The molecule has 0 aliphatic carbocycles. The molecule has 0 radical (unpaired) electrons. The molecule has 0 atom stereocenters. The number of carboxylic acid groups (broad SMARTS) is 1. The number of likely N-dealkylation sites (tertiary alicyclic amines) is 1. The number of carboxylic acids is 1. The molecule has 2 aliphatic heterocycles. The predicted octanol–water partition coefficient (Wildman–Crippen LogP) is 2.27. The van der Waals surface area contributed by atoms with Gasteiger partial charge in [-0.05, 0) is 48.8 Å². The quantitative estimate of drug-likeness (QED) is 0.925. The van der Waals surface area contributed by atoms with E-state index in [2.05, 4.69) is 6.07 Å². The first-order valence-electron chi connectivity index (χ1n) is 8.36. The van der Waals surface area contributed by atoms with Crippen molar-refractivity contribution in [3.05, 3.63) is 29.3 Å². The Kier molecular flexibility index (Phi) is 4.84. The van der Waals surface area contributed by atoms with E-state index in [1.54, 1.807) is 0 Å². The lowest BCUT2D eigenvalue weighted by Crippen LogP contribution is -2.39. The second-order valence-corrected chi connectivity index (χ2v) is 6.49. The summed E-state index contributed by atoms with van der Waals surface area (Å²) >= 11 is 0. The zero-order valence-electron chi connectivity index (χ0n) is 13.3. The summed E-state index contributed by atoms with van der Waals surface area (Å²) in [7, 11) is 0. The van der Waals surface area contributed by atoms with Gasteiger partial charge in [0.2, 0.25) is 5.91 Å². The fourth-order valence-electron chi connectivity index (χ4n) is 3.44. The van der Waals surface area contributed by atoms with E-state index in [9.17, 15) is 9.59 Å². The molecular formula is C18H23NO4. The molecule has 0 saturated carbocycles. The molecule has 124 valence electrons. The van der Waals surface area contributed by atoms with Crippen LogP contribution in [0.5, 0.6) is 5.75 Å². The van der Waals surface area contributed by atoms with Crippen molar-refractivity contribution < 1.29 is 19.4 Å². The Bertz CT molecular complexity index is 591. The number of aliphatic carboxylic acids is 1. The summed E-state index contributed by atoms with van der Waals surface area (Å²) in [5.74, 6) is 0.542. The molecule has 1 fully saturated rings. The van der Waals surface area contributed by atoms with Gasteiger partial charge in [0.05, 0.1) is 13.0 Å². The zero-order chi connectivity index (χ0) is 16.2. The fourth-order valence-corrected chi connectivity index (χ4v) is 3.44. The van der Waals surface area contributed by atoms with Crippen LogP contribution in [0, 0.1) is 5.92 Å². The van der Waals surface area contributed by atoms with Gasteiger partial charge in [0.1, 0.15) is 5.75 Å². The Morgan fingerprint density at radius 1 is 1.26 bits per heavy atom. The number of nitrogens with zero attached hydrogens (tertiary/aromatic N) is 1. The number of rotatable bonds is 4. The summed E-state index contributed by atoms with van der Waals surface area (Å²) in [6, 6.07) is 6.03. The van der Waals surface area contributed by atoms with Gasteiger partial charge in [-0.15, -0.1) is 0 Å². The topological polar surface area (TPSA) is 66.8 Å². The average Bonchev–Trinajstić information content (AvgIpc) is 2.55. The number of aryl methyl sites for hydroxylation is 1. The lowest BCUT2D eigenvalue weighted by atomic mass is 9.93. The Labute approximate surface area is 136 Å². The summed E-state index contributed by atoms with van der Waals surface area (Å²) < 4.78 is 5.60. The standard InChI is InChI=1S/C18H23NO4/c20-17(19-7-5-13(6-8-19)12-18(21)22)11-14-3-4-16-15(10-14)2-1-9-23-16/h3-4,10,13H,1-2,5-9,11-12H2,(H,21,22). The Morgan fingerprint density at radius 2 is 2.04 bits per heavy atom. The highest BCUT2D eigenvalue weighted by Gasteiger charge is 2.24. The smallest absolute Gasteiger partial charge is 0.303 e. The van der Waals surface area contributed by atoms with Crippen molar-refractivity contribution in [1.29, 1.82) is 0 Å². The van der Waals surface area contributed by atoms with Gasteiger partial charge in [0.25, 0.3) is 0 Å². The molecule has 2 heterocycles. The van der Waals surface area contributed by atoms with E-state index in [-0.39, 0.29) is 18.2 Å². The Morgan fingerprint density at radius 3 is 2.78 bits per heavy atom. The number of hydrogen-bond donors (Lipinski definition) is 1. The van der Waals surface area contributed by atoms with Gasteiger partial charge in [0, 0.05) is 19.5 Å². The number of piperidine rings is 1. The number of fused-ring (bicyclic) bond motifs is 1. The van der Waals surface area contributed by atoms with Gasteiger partial charge in [-0.2, -0.15) is 0 Å². The lowest BCUT2D eigenvalue weighted by Gasteiger charge is -2.31. The van der Waals surface area contributed by atoms with Gasteiger partial charge >= 0.3 is 5.97 Å². The fraction of sp³-hybridized carbons (Fsp3) is 0.556. The number of benzene rings is 1. The van der Waals surface area contributed by atoms with Crippen LogP contribution in [0.25, 0.3) is 0 Å². The van der Waals surface area contributed by atoms with Crippen LogP contribution >= 0.6 is 0 Å². The summed E-state index contributed by atoms with van der Waals surface area (Å²) in [5, 5.41) is 8.84. The first-order valence-corrected chi connectivity index (χ1v) is 8.36. The number of carbonyl (C=O) groups is 2. The van der Waals surface area contributed by atoms with Crippen molar-refractivity contribution >= 4 is 11.9 Å². The molecule has 0 bridgehead atoms. The second kappa shape index (κ2) is 7.02. The summed E-state index contributed by atoms with van der Waals surface area (Å²) in [6.45, 7) is 2.12. The number of carbonyl (C=O) groups excluding carboxylic acids is 1. The molecule has 1 aromatic carbocycles. The van der Waals surface area contributed by atoms with Crippen LogP contribution in [-0.4, -0.2) is 41.6 Å². The Hall–Kier alpha value is -2.04. The van der Waals surface area contributed by atoms with Crippen LogP contribution in [0.1, 0.15) is 36.8 Å². The van der Waals surface area contributed by atoms with Crippen molar-refractivity contribution in [3.63, 3.8) is 0 Å². The Balaban J connectivity index is 1.54. The molecule has 0 spiro atoms. The van der Waals surface area contributed by atoms with Crippen molar-refractivity contribution in [2.75, 3.05) is 19.7 Å². The summed E-state index contributed by atoms with van der Waals surface area (Å²) in [4.78, 5) is 25.1. The third kappa shape index (κ3) is 4.03. The lowest BCUT2D eigenvalue weighted by molar-refractivity contribution is -0.138. The van der Waals surface area contributed by atoms with Gasteiger partial charge in [0.15, 0.2) is 0 Å². The first-order chi connectivity index (χ1) is 11.1. The summed E-state index contributed by atoms with van der Waals surface area (Å²) in [6.07, 6.45) is 4.25. The highest BCUT2D eigenvalue weighted by Crippen LogP contribution is 2.26. The monoisotopic (exact) mass is 317 g/mol. The molecular weight excluding hydrogens is 294 g/mol. The van der Waals surface area contributed by atoms with E-state index in [1.807, 2.05) is 17.0 Å². The minimum absolute atomic E-state index is 0.135. The first kappa shape index (κ1) is 15.8. The van der Waals surface area contributed by atoms with E-state index < -0.39 is 5.97 Å². The minimum atomic E-state index is -0.744. The van der Waals surface area contributed by atoms with E-state index in [1.165, 1.54) is 5.56 Å². The average molecular weight is 317 g/mol. The maximum atomic E-state index is 12.4. The van der Waals surface area contributed by atoms with Crippen LogP contribution in [0.15, 0.2) is 18.2 Å². The maximum absolute atomic E-state index is 12.4. The van der Waals surface area contributed by atoms with Crippen molar-refractivity contribution in [3.8, 4) is 5.75 Å². The molecule has 3 rings (SSSR count). The van der Waals surface area contributed by atoms with Crippen molar-refractivity contribution in [2.45, 2.75) is 38.5 Å². The summed E-state index contributed by atoms with van der Waals surface area (Å²) in [5.41, 5.74) is 2.23. The number of hydrogen-bond acceptors (Lipinski definition) is 3. The molecule has 2 aliphatic rings. The van der Waals surface area contributed by atoms with Crippen molar-refractivity contribution in [1.82, 2.24) is 4.90 Å². The van der Waals surface area contributed by atoms with Gasteiger partial charge in [-0.3, -0.25) is 9.59 Å². The highest BCUT2D eigenvalue weighted by molar-refractivity contribution is 5.79. The zero-order valence-corrected chi connectivity index (χ0v) is 13.3. The van der Waals surface area contributed by atoms with Crippen LogP contribution in [0.2, 0.25) is 0 Å². The van der Waals surface area contributed by atoms with Crippen molar-refractivity contribution in [2.24, 2.45) is 5.92 Å². The molecule has 1 N–H and O–H groups in total. The second-order valence-electron chi connectivity index (χ2n) is 6.49. The van der Waals surface area contributed by atoms with Gasteiger partial charge < -0.3 is 14.7 Å². The molecule has 1 amide bonds. The largest absolute Gasteiger partial charge is 0.493 e. The molecule has 23 heavy (non-hydrogen) atoms. The number of ether oxygens (including phenoxy) is 1. The van der Waals surface area contributed by atoms with E-state index in [4.69, 9.17) is 9.84 Å². The number of amides is 1. The third-order valence-corrected chi connectivity index (χ3v) is 4.76. The van der Waals surface area contributed by atoms with Crippen LogP contribution in [0.3, 0.4) is 0 Å². The van der Waals surface area contributed by atoms with Crippen LogP contribution in [0.4, 0.5) is 0 Å².